The van der Waals surface area contributed by atoms with Gasteiger partial charge in [0.1, 0.15) is 5.82 Å². The van der Waals surface area contributed by atoms with Crippen LogP contribution in [-0.4, -0.2) is 53.5 Å². The van der Waals surface area contributed by atoms with Crippen LogP contribution < -0.4 is 9.80 Å². The van der Waals surface area contributed by atoms with Gasteiger partial charge in [0, 0.05) is 50.5 Å². The molecule has 222 valence electrons. The lowest BCUT2D eigenvalue weighted by molar-refractivity contribution is 0.0751. The second-order valence-corrected chi connectivity index (χ2v) is 12.1. The molecule has 5 aromatic rings. The Bertz CT molecular complexity index is 1670. The van der Waals surface area contributed by atoms with E-state index in [1.807, 2.05) is 52.9 Å². The van der Waals surface area contributed by atoms with Crippen LogP contribution in [0.2, 0.25) is 0 Å². The minimum absolute atomic E-state index is 0.139. The molecule has 0 bridgehead atoms. The van der Waals surface area contributed by atoms with Crippen LogP contribution in [0.25, 0.3) is 0 Å². The fourth-order valence-electron chi connectivity index (χ4n) is 5.69. The monoisotopic (exact) mass is 600 g/mol. The molecule has 3 aromatic carbocycles. The number of nitrogens with one attached hydrogen (secondary N) is 1. The SMILES string of the molecule is N#Cc1ccc(Cc2ncc(CN(CCCc3ccccc3)c3ccc(N4CCN(C(=O)c5cccs5)CC4)cc3)[nH]2)cc1. The Balaban J connectivity index is 1.11. The molecule has 0 atom stereocenters. The zero-order valence-corrected chi connectivity index (χ0v) is 25.5. The molecule has 1 aliphatic rings. The summed E-state index contributed by atoms with van der Waals surface area (Å²) >= 11 is 1.51. The summed E-state index contributed by atoms with van der Waals surface area (Å²) in [6.45, 7) is 4.77. The van der Waals surface area contributed by atoms with Crippen LogP contribution in [0.15, 0.2) is 103 Å². The first-order valence-electron chi connectivity index (χ1n) is 15.1. The van der Waals surface area contributed by atoms with Gasteiger partial charge in [-0.1, -0.05) is 48.5 Å². The Morgan fingerprint density at radius 2 is 1.68 bits per heavy atom. The topological polar surface area (TPSA) is 79.3 Å². The van der Waals surface area contributed by atoms with E-state index in [1.54, 1.807) is 0 Å². The van der Waals surface area contributed by atoms with Crippen LogP contribution in [-0.2, 0) is 19.4 Å². The number of H-pyrrole nitrogens is 1. The third-order valence-electron chi connectivity index (χ3n) is 8.11. The van der Waals surface area contributed by atoms with Gasteiger partial charge in [0.15, 0.2) is 0 Å². The molecule has 6 rings (SSSR count). The normalized spacial score (nSPS) is 13.1. The molecule has 1 N–H and O–H groups in total. The van der Waals surface area contributed by atoms with E-state index in [-0.39, 0.29) is 5.91 Å². The molecule has 1 saturated heterocycles. The smallest absolute Gasteiger partial charge is 0.264 e. The Kier molecular flexibility index (Phi) is 9.34. The number of aryl methyl sites for hydroxylation is 1. The largest absolute Gasteiger partial charge is 0.368 e. The number of carbonyl (C=O) groups is 1. The molecule has 0 saturated carbocycles. The summed E-state index contributed by atoms with van der Waals surface area (Å²) < 4.78 is 0. The molecule has 3 heterocycles. The molecule has 2 aromatic heterocycles. The number of nitrogens with zero attached hydrogens (tertiary/aromatic N) is 5. The molecule has 7 nitrogen and oxygen atoms in total. The average Bonchev–Trinajstić information content (AvgIpc) is 3.78. The van der Waals surface area contributed by atoms with Gasteiger partial charge in [-0.2, -0.15) is 5.26 Å². The zero-order valence-electron chi connectivity index (χ0n) is 24.7. The van der Waals surface area contributed by atoms with Gasteiger partial charge in [0.25, 0.3) is 5.91 Å². The number of piperazine rings is 1. The summed E-state index contributed by atoms with van der Waals surface area (Å²) in [5.74, 6) is 1.06. The van der Waals surface area contributed by atoms with E-state index in [4.69, 9.17) is 5.26 Å². The predicted molar refractivity (Wildman–Crippen MR) is 177 cm³/mol. The van der Waals surface area contributed by atoms with Crippen molar-refractivity contribution in [1.82, 2.24) is 14.9 Å². The molecule has 0 radical (unpaired) electrons. The molecular weight excluding hydrogens is 565 g/mol. The van der Waals surface area contributed by atoms with Crippen molar-refractivity contribution in [2.75, 3.05) is 42.5 Å². The molecule has 0 spiro atoms. The number of thiophene rings is 1. The van der Waals surface area contributed by atoms with Gasteiger partial charge < -0.3 is 19.7 Å². The Morgan fingerprint density at radius 3 is 2.39 bits per heavy atom. The Morgan fingerprint density at radius 1 is 0.909 bits per heavy atom. The van der Waals surface area contributed by atoms with Crippen molar-refractivity contribution in [3.05, 3.63) is 136 Å². The Hall–Kier alpha value is -4.87. The van der Waals surface area contributed by atoms with Gasteiger partial charge in [0.2, 0.25) is 0 Å². The van der Waals surface area contributed by atoms with E-state index in [0.717, 1.165) is 74.1 Å². The van der Waals surface area contributed by atoms with Crippen LogP contribution in [0.5, 0.6) is 0 Å². The zero-order chi connectivity index (χ0) is 30.1. The van der Waals surface area contributed by atoms with E-state index >= 15 is 0 Å². The summed E-state index contributed by atoms with van der Waals surface area (Å²) in [5, 5.41) is 11.0. The van der Waals surface area contributed by atoms with Gasteiger partial charge >= 0.3 is 0 Å². The minimum atomic E-state index is 0.139. The molecule has 1 fully saturated rings. The fourth-order valence-corrected chi connectivity index (χ4v) is 6.38. The first-order chi connectivity index (χ1) is 21.6. The van der Waals surface area contributed by atoms with Gasteiger partial charge in [0.05, 0.1) is 34.9 Å². The minimum Gasteiger partial charge on any atom is -0.368 e. The number of imidazole rings is 1. The highest BCUT2D eigenvalue weighted by Gasteiger charge is 2.23. The fraction of sp³-hybridized carbons (Fsp3) is 0.250. The highest BCUT2D eigenvalue weighted by molar-refractivity contribution is 7.12. The van der Waals surface area contributed by atoms with E-state index in [2.05, 4.69) is 80.4 Å². The van der Waals surface area contributed by atoms with E-state index in [1.165, 1.54) is 28.3 Å². The van der Waals surface area contributed by atoms with Crippen LogP contribution in [0.3, 0.4) is 0 Å². The number of anilines is 2. The number of hydrogen-bond donors (Lipinski definition) is 1. The number of carbonyl (C=O) groups excluding carboxylic acids is 1. The van der Waals surface area contributed by atoms with Gasteiger partial charge in [-0.05, 0) is 71.8 Å². The lowest BCUT2D eigenvalue weighted by Crippen LogP contribution is -2.48. The highest BCUT2D eigenvalue weighted by Crippen LogP contribution is 2.25. The van der Waals surface area contributed by atoms with Crippen LogP contribution in [0.4, 0.5) is 11.4 Å². The number of amides is 1. The summed E-state index contributed by atoms with van der Waals surface area (Å²) in [5.41, 5.74) is 6.58. The van der Waals surface area contributed by atoms with Crippen molar-refractivity contribution in [2.24, 2.45) is 0 Å². The van der Waals surface area contributed by atoms with Crippen molar-refractivity contribution >= 4 is 28.6 Å². The Labute approximate surface area is 263 Å². The quantitative estimate of drug-likeness (QED) is 0.186. The summed E-state index contributed by atoms with van der Waals surface area (Å²) in [4.78, 5) is 28.5. The average molecular weight is 601 g/mol. The number of hydrogen-bond acceptors (Lipinski definition) is 6. The number of benzene rings is 3. The first-order valence-corrected chi connectivity index (χ1v) is 16.0. The van der Waals surface area contributed by atoms with Gasteiger partial charge in [-0.15, -0.1) is 11.3 Å². The molecule has 44 heavy (non-hydrogen) atoms. The summed E-state index contributed by atoms with van der Waals surface area (Å²) in [6.07, 6.45) is 4.70. The first kappa shape index (κ1) is 29.2. The van der Waals surface area contributed by atoms with E-state index < -0.39 is 0 Å². The van der Waals surface area contributed by atoms with Crippen molar-refractivity contribution < 1.29 is 4.79 Å². The maximum absolute atomic E-state index is 12.8. The van der Waals surface area contributed by atoms with Crippen molar-refractivity contribution in [1.29, 1.82) is 5.26 Å². The third kappa shape index (κ3) is 7.36. The highest BCUT2D eigenvalue weighted by atomic mass is 32.1. The lowest BCUT2D eigenvalue weighted by Gasteiger charge is -2.36. The van der Waals surface area contributed by atoms with Gasteiger partial charge in [-0.25, -0.2) is 4.98 Å². The number of aromatic nitrogens is 2. The van der Waals surface area contributed by atoms with Crippen molar-refractivity contribution in [3.8, 4) is 6.07 Å². The maximum Gasteiger partial charge on any atom is 0.264 e. The molecular formula is C36H36N6OS. The van der Waals surface area contributed by atoms with Crippen LogP contribution in [0.1, 0.15) is 44.3 Å². The van der Waals surface area contributed by atoms with E-state index in [9.17, 15) is 4.79 Å². The molecule has 1 aliphatic heterocycles. The number of aromatic amines is 1. The molecule has 8 heteroatoms. The molecule has 1 amide bonds. The van der Waals surface area contributed by atoms with E-state index in [0.29, 0.717) is 12.0 Å². The second-order valence-electron chi connectivity index (χ2n) is 11.1. The van der Waals surface area contributed by atoms with Crippen molar-refractivity contribution in [3.63, 3.8) is 0 Å². The summed E-state index contributed by atoms with van der Waals surface area (Å²) in [7, 11) is 0. The van der Waals surface area contributed by atoms with Gasteiger partial charge in [-0.3, -0.25) is 4.79 Å². The van der Waals surface area contributed by atoms with Crippen LogP contribution in [0, 0.1) is 11.3 Å². The number of nitriles is 1. The van der Waals surface area contributed by atoms with Crippen LogP contribution >= 0.6 is 11.3 Å². The predicted octanol–water partition coefficient (Wildman–Crippen LogP) is 6.54. The second kappa shape index (κ2) is 14.1. The van der Waals surface area contributed by atoms with Crippen molar-refractivity contribution in [2.45, 2.75) is 25.8 Å². The standard InChI is InChI=1S/C36H36N6OS/c37-25-30-12-10-29(11-13-30)24-35-38-26-31(39-35)27-42(18-4-8-28-6-2-1-3-7-28)33-16-14-32(15-17-33)40-19-21-41(22-20-40)36(43)34-9-5-23-44-34/h1-3,5-7,9-17,23,26H,4,8,18-22,24,27H2,(H,38,39). The summed E-state index contributed by atoms with van der Waals surface area (Å²) in [6, 6.07) is 33.2. The third-order valence-corrected chi connectivity index (χ3v) is 8.97. The number of rotatable bonds is 11. The maximum atomic E-state index is 12.8. The molecule has 0 aliphatic carbocycles. The lowest BCUT2D eigenvalue weighted by atomic mass is 10.1. The molecule has 0 unspecified atom stereocenters.